The van der Waals surface area contributed by atoms with Crippen molar-refractivity contribution in [2.75, 3.05) is 0 Å². The van der Waals surface area contributed by atoms with Crippen molar-refractivity contribution in [2.24, 2.45) is 17.8 Å². The Bertz CT molecular complexity index is 370. The maximum Gasteiger partial charge on any atom is 0.119 e. The van der Waals surface area contributed by atoms with E-state index in [0.717, 1.165) is 17.4 Å². The summed E-state index contributed by atoms with van der Waals surface area (Å²) in [6.45, 7) is 6.96. The van der Waals surface area contributed by atoms with Crippen LogP contribution in [0, 0.1) is 17.8 Å². The number of aromatic hydroxyl groups is 1. The number of para-hydroxylation sites is 1. The molecule has 1 aromatic rings. The fourth-order valence-electron chi connectivity index (χ4n) is 3.36. The number of phenols is 1. The zero-order chi connectivity index (χ0) is 12.4. The third kappa shape index (κ3) is 2.65. The number of benzene rings is 1. The van der Waals surface area contributed by atoms with Gasteiger partial charge in [-0.1, -0.05) is 45.4 Å². The smallest absolute Gasteiger partial charge is 0.119 e. The first-order chi connectivity index (χ1) is 8.09. The molecule has 0 bridgehead atoms. The highest BCUT2D eigenvalue weighted by Crippen LogP contribution is 2.45. The standard InChI is InChI=1S/C16H24O/c1-11(2)13-9-8-12(3)10-15(13)14-6-4-5-7-16(14)17/h4-7,11-13,15,17H,8-10H2,1-3H3/t12-,13+,15-/m0/s1. The molecule has 17 heavy (non-hydrogen) atoms. The number of phenolic OH excluding ortho intramolecular Hbond substituents is 1. The third-order valence-electron chi connectivity index (χ3n) is 4.36. The molecule has 1 aliphatic carbocycles. The molecule has 3 atom stereocenters. The molecule has 1 nitrogen and oxygen atoms in total. The Morgan fingerprint density at radius 1 is 1.18 bits per heavy atom. The molecule has 0 saturated heterocycles. The van der Waals surface area contributed by atoms with Crippen molar-refractivity contribution >= 4 is 0 Å². The van der Waals surface area contributed by atoms with Gasteiger partial charge in [0.25, 0.3) is 0 Å². The Morgan fingerprint density at radius 3 is 2.53 bits per heavy atom. The predicted octanol–water partition coefficient (Wildman–Crippen LogP) is 4.57. The van der Waals surface area contributed by atoms with Gasteiger partial charge in [-0.15, -0.1) is 0 Å². The Hall–Kier alpha value is -0.980. The van der Waals surface area contributed by atoms with Crippen LogP contribution in [0.2, 0.25) is 0 Å². The van der Waals surface area contributed by atoms with Crippen LogP contribution >= 0.6 is 0 Å². The van der Waals surface area contributed by atoms with Crippen LogP contribution in [0.5, 0.6) is 5.75 Å². The minimum Gasteiger partial charge on any atom is -0.508 e. The van der Waals surface area contributed by atoms with Crippen molar-refractivity contribution in [3.05, 3.63) is 29.8 Å². The minimum absolute atomic E-state index is 0.484. The van der Waals surface area contributed by atoms with Gasteiger partial charge in [-0.05, 0) is 48.1 Å². The monoisotopic (exact) mass is 232 g/mol. The normalized spacial score (nSPS) is 29.5. The topological polar surface area (TPSA) is 20.2 Å². The van der Waals surface area contributed by atoms with E-state index in [9.17, 15) is 5.11 Å². The van der Waals surface area contributed by atoms with Gasteiger partial charge in [0.15, 0.2) is 0 Å². The van der Waals surface area contributed by atoms with E-state index in [1.807, 2.05) is 18.2 Å². The number of hydrogen-bond donors (Lipinski definition) is 1. The lowest BCUT2D eigenvalue weighted by atomic mass is 9.67. The van der Waals surface area contributed by atoms with Gasteiger partial charge in [0, 0.05) is 0 Å². The maximum absolute atomic E-state index is 10.0. The maximum atomic E-state index is 10.0. The second-order valence-electron chi connectivity index (χ2n) is 5.99. The summed E-state index contributed by atoms with van der Waals surface area (Å²) < 4.78 is 0. The van der Waals surface area contributed by atoms with E-state index >= 15 is 0 Å². The number of hydrogen-bond acceptors (Lipinski definition) is 1. The number of rotatable bonds is 2. The van der Waals surface area contributed by atoms with E-state index in [4.69, 9.17) is 0 Å². The van der Waals surface area contributed by atoms with Crippen molar-refractivity contribution < 1.29 is 5.11 Å². The molecule has 2 rings (SSSR count). The molecule has 1 heteroatoms. The van der Waals surface area contributed by atoms with Gasteiger partial charge in [-0.3, -0.25) is 0 Å². The minimum atomic E-state index is 0.484. The van der Waals surface area contributed by atoms with Gasteiger partial charge < -0.3 is 5.11 Å². The van der Waals surface area contributed by atoms with E-state index in [1.54, 1.807) is 0 Å². The van der Waals surface area contributed by atoms with Gasteiger partial charge in [0.1, 0.15) is 5.75 Å². The van der Waals surface area contributed by atoms with E-state index in [2.05, 4.69) is 26.8 Å². The lowest BCUT2D eigenvalue weighted by molar-refractivity contribution is 0.194. The highest BCUT2D eigenvalue weighted by atomic mass is 16.3. The molecule has 1 N–H and O–H groups in total. The molecular formula is C16H24O. The molecule has 0 amide bonds. The molecule has 1 aromatic carbocycles. The van der Waals surface area contributed by atoms with Crippen LogP contribution < -0.4 is 0 Å². The van der Waals surface area contributed by atoms with Crippen LogP contribution in [0.25, 0.3) is 0 Å². The summed E-state index contributed by atoms with van der Waals surface area (Å²) >= 11 is 0. The van der Waals surface area contributed by atoms with Crippen LogP contribution in [0.15, 0.2) is 24.3 Å². The molecular weight excluding hydrogens is 208 g/mol. The van der Waals surface area contributed by atoms with Crippen LogP contribution in [-0.4, -0.2) is 5.11 Å². The molecule has 1 aliphatic rings. The quantitative estimate of drug-likeness (QED) is 0.792. The van der Waals surface area contributed by atoms with Crippen molar-refractivity contribution in [1.82, 2.24) is 0 Å². The summed E-state index contributed by atoms with van der Waals surface area (Å²) in [7, 11) is 0. The SMILES string of the molecule is CC(C)[C@H]1CC[C@H](C)C[C@@H]1c1ccccc1O. The molecule has 94 valence electrons. The summed E-state index contributed by atoms with van der Waals surface area (Å²) in [6, 6.07) is 7.89. The van der Waals surface area contributed by atoms with E-state index < -0.39 is 0 Å². The third-order valence-corrected chi connectivity index (χ3v) is 4.36. The largest absolute Gasteiger partial charge is 0.508 e. The summed E-state index contributed by atoms with van der Waals surface area (Å²) in [4.78, 5) is 0. The molecule has 0 aliphatic heterocycles. The average molecular weight is 232 g/mol. The van der Waals surface area contributed by atoms with E-state index in [0.29, 0.717) is 17.6 Å². The summed E-state index contributed by atoms with van der Waals surface area (Å²) in [6.07, 6.45) is 3.87. The fraction of sp³-hybridized carbons (Fsp3) is 0.625. The highest BCUT2D eigenvalue weighted by Gasteiger charge is 2.32. The van der Waals surface area contributed by atoms with E-state index in [1.165, 1.54) is 19.3 Å². The van der Waals surface area contributed by atoms with Crippen LogP contribution in [0.4, 0.5) is 0 Å². The Kier molecular flexibility index (Phi) is 3.76. The molecule has 0 spiro atoms. The van der Waals surface area contributed by atoms with Crippen LogP contribution in [0.3, 0.4) is 0 Å². The van der Waals surface area contributed by atoms with Crippen molar-refractivity contribution in [3.8, 4) is 5.75 Å². The molecule has 0 heterocycles. The van der Waals surface area contributed by atoms with Crippen molar-refractivity contribution in [3.63, 3.8) is 0 Å². The molecule has 0 aromatic heterocycles. The zero-order valence-corrected chi connectivity index (χ0v) is 11.2. The first-order valence-electron chi connectivity index (χ1n) is 6.87. The summed E-state index contributed by atoms with van der Waals surface area (Å²) in [5.74, 6) is 3.23. The average Bonchev–Trinajstić information content (AvgIpc) is 2.29. The van der Waals surface area contributed by atoms with Gasteiger partial charge in [-0.2, -0.15) is 0 Å². The Morgan fingerprint density at radius 2 is 1.88 bits per heavy atom. The second-order valence-corrected chi connectivity index (χ2v) is 5.99. The van der Waals surface area contributed by atoms with Crippen LogP contribution in [-0.2, 0) is 0 Å². The van der Waals surface area contributed by atoms with Gasteiger partial charge in [-0.25, -0.2) is 0 Å². The first-order valence-corrected chi connectivity index (χ1v) is 6.87. The van der Waals surface area contributed by atoms with Gasteiger partial charge in [0.2, 0.25) is 0 Å². The molecule has 1 saturated carbocycles. The summed E-state index contributed by atoms with van der Waals surface area (Å²) in [5, 5.41) is 10.0. The first kappa shape index (κ1) is 12.5. The summed E-state index contributed by atoms with van der Waals surface area (Å²) in [5.41, 5.74) is 1.16. The highest BCUT2D eigenvalue weighted by molar-refractivity contribution is 5.35. The molecule has 0 radical (unpaired) electrons. The lowest BCUT2D eigenvalue weighted by Gasteiger charge is -2.38. The predicted molar refractivity (Wildman–Crippen MR) is 72.2 cm³/mol. The van der Waals surface area contributed by atoms with Gasteiger partial charge in [0.05, 0.1) is 0 Å². The molecule has 1 fully saturated rings. The van der Waals surface area contributed by atoms with Crippen molar-refractivity contribution in [2.45, 2.75) is 46.0 Å². The van der Waals surface area contributed by atoms with Gasteiger partial charge >= 0.3 is 0 Å². The van der Waals surface area contributed by atoms with E-state index in [-0.39, 0.29) is 0 Å². The Balaban J connectivity index is 2.29. The fourth-order valence-corrected chi connectivity index (χ4v) is 3.36. The molecule has 0 unspecified atom stereocenters. The van der Waals surface area contributed by atoms with Crippen molar-refractivity contribution in [1.29, 1.82) is 0 Å². The van der Waals surface area contributed by atoms with Crippen LogP contribution in [0.1, 0.15) is 51.5 Å². The lowest BCUT2D eigenvalue weighted by Crippen LogP contribution is -2.26. The Labute approximate surface area is 105 Å². The zero-order valence-electron chi connectivity index (χ0n) is 11.2. The second kappa shape index (κ2) is 5.12.